The Kier molecular flexibility index (Phi) is 3.52. The van der Waals surface area contributed by atoms with Gasteiger partial charge in [-0.1, -0.05) is 19.1 Å². The topological polar surface area (TPSA) is 29.5 Å². The van der Waals surface area contributed by atoms with E-state index in [2.05, 4.69) is 0 Å². The first-order valence-corrected chi connectivity index (χ1v) is 6.62. The van der Waals surface area contributed by atoms with E-state index in [1.165, 1.54) is 12.1 Å². The normalized spacial score (nSPS) is 23.6. The fourth-order valence-electron chi connectivity index (χ4n) is 2.56. The molecule has 1 aromatic carbocycles. The Balaban J connectivity index is 2.30. The fourth-order valence-corrected chi connectivity index (χ4v) is 2.56. The number of ether oxygens (including phenoxy) is 1. The van der Waals surface area contributed by atoms with E-state index < -0.39 is 6.10 Å². The minimum absolute atomic E-state index is 0.107. The molecule has 1 aromatic rings. The minimum Gasteiger partial charge on any atom is -0.439 e. The van der Waals surface area contributed by atoms with Crippen LogP contribution in [-0.4, -0.2) is 22.6 Å². The maximum atomic E-state index is 13.3. The highest BCUT2D eigenvalue weighted by Crippen LogP contribution is 2.37. The lowest BCUT2D eigenvalue weighted by Crippen LogP contribution is -2.48. The van der Waals surface area contributed by atoms with Crippen molar-refractivity contribution >= 4 is 6.09 Å². The molecule has 0 aromatic heterocycles. The summed E-state index contributed by atoms with van der Waals surface area (Å²) in [4.78, 5) is 13.8. The number of nitrogens with zero attached hydrogens (tertiary/aromatic N) is 1. The zero-order chi connectivity index (χ0) is 14.2. The molecule has 0 unspecified atom stereocenters. The summed E-state index contributed by atoms with van der Waals surface area (Å²) >= 11 is 0. The van der Waals surface area contributed by atoms with Gasteiger partial charge < -0.3 is 4.74 Å². The van der Waals surface area contributed by atoms with Crippen LogP contribution in [0.5, 0.6) is 0 Å². The van der Waals surface area contributed by atoms with Gasteiger partial charge in [0.05, 0.1) is 6.04 Å². The summed E-state index contributed by atoms with van der Waals surface area (Å²) in [6.45, 7) is 8.00. The van der Waals surface area contributed by atoms with E-state index in [4.69, 9.17) is 4.74 Å². The number of hydrogen-bond donors (Lipinski definition) is 0. The van der Waals surface area contributed by atoms with Gasteiger partial charge in [-0.15, -0.1) is 0 Å². The summed E-state index contributed by atoms with van der Waals surface area (Å²) in [6, 6.07) is 6.14. The Labute approximate surface area is 113 Å². The second-order valence-corrected chi connectivity index (χ2v) is 5.64. The molecule has 0 bridgehead atoms. The molecule has 4 heteroatoms. The van der Waals surface area contributed by atoms with E-state index in [-0.39, 0.29) is 23.5 Å². The van der Waals surface area contributed by atoms with Gasteiger partial charge in [0.1, 0.15) is 11.9 Å². The lowest BCUT2D eigenvalue weighted by molar-refractivity contribution is 0.112. The molecule has 0 N–H and O–H groups in total. The average Bonchev–Trinajstić information content (AvgIpc) is 2.65. The van der Waals surface area contributed by atoms with Crippen molar-refractivity contribution in [2.45, 2.75) is 51.8 Å². The molecule has 0 spiro atoms. The summed E-state index contributed by atoms with van der Waals surface area (Å²) in [5.74, 6) is -0.311. The predicted molar refractivity (Wildman–Crippen MR) is 71.3 cm³/mol. The molecule has 1 heterocycles. The molecule has 1 fully saturated rings. The van der Waals surface area contributed by atoms with Crippen molar-refractivity contribution < 1.29 is 13.9 Å². The van der Waals surface area contributed by atoms with Crippen LogP contribution in [0, 0.1) is 5.82 Å². The Morgan fingerprint density at radius 3 is 2.68 bits per heavy atom. The number of benzene rings is 1. The summed E-state index contributed by atoms with van der Waals surface area (Å²) in [6.07, 6.45) is 0.102. The standard InChI is InChI=1S/C15H20FNO2/c1-5-15(3,4)17-10(2)13(19-14(17)18)11-7-6-8-12(16)9-11/h6-10,13H,5H2,1-4H3/t10-,13-/m0/s1. The van der Waals surface area contributed by atoms with Crippen LogP contribution < -0.4 is 0 Å². The second kappa shape index (κ2) is 4.83. The van der Waals surface area contributed by atoms with Crippen molar-refractivity contribution in [1.82, 2.24) is 4.90 Å². The molecule has 0 radical (unpaired) electrons. The van der Waals surface area contributed by atoms with Gasteiger partial charge in [0, 0.05) is 5.54 Å². The van der Waals surface area contributed by atoms with Gasteiger partial charge >= 0.3 is 6.09 Å². The Bertz CT molecular complexity index is 487. The average molecular weight is 265 g/mol. The van der Waals surface area contributed by atoms with Gasteiger partial charge in [-0.05, 0) is 44.9 Å². The smallest absolute Gasteiger partial charge is 0.411 e. The van der Waals surface area contributed by atoms with Crippen molar-refractivity contribution in [2.24, 2.45) is 0 Å². The SMILES string of the molecule is CCC(C)(C)N1C(=O)O[C@H](c2cccc(F)c2)[C@@H]1C. The third-order valence-electron chi connectivity index (χ3n) is 3.96. The van der Waals surface area contributed by atoms with Gasteiger partial charge in [0.15, 0.2) is 0 Å². The number of amides is 1. The number of carbonyl (C=O) groups excluding carboxylic acids is 1. The van der Waals surface area contributed by atoms with Crippen LogP contribution in [0.15, 0.2) is 24.3 Å². The summed E-state index contributed by atoms with van der Waals surface area (Å²) in [5, 5.41) is 0. The van der Waals surface area contributed by atoms with Crippen LogP contribution in [0.2, 0.25) is 0 Å². The van der Waals surface area contributed by atoms with E-state index in [9.17, 15) is 9.18 Å². The third-order valence-corrected chi connectivity index (χ3v) is 3.96. The molecule has 0 saturated carbocycles. The van der Waals surface area contributed by atoms with E-state index in [0.29, 0.717) is 5.56 Å². The predicted octanol–water partition coefficient (Wildman–Crippen LogP) is 3.90. The molecule has 19 heavy (non-hydrogen) atoms. The molecule has 2 atom stereocenters. The van der Waals surface area contributed by atoms with Crippen LogP contribution in [0.3, 0.4) is 0 Å². The molecular weight excluding hydrogens is 245 g/mol. The number of cyclic esters (lactones) is 1. The van der Waals surface area contributed by atoms with Crippen LogP contribution in [0.4, 0.5) is 9.18 Å². The van der Waals surface area contributed by atoms with Gasteiger partial charge in [-0.2, -0.15) is 0 Å². The first kappa shape index (κ1) is 13.8. The zero-order valence-electron chi connectivity index (χ0n) is 11.8. The summed E-state index contributed by atoms with van der Waals surface area (Å²) in [7, 11) is 0. The number of hydrogen-bond acceptors (Lipinski definition) is 2. The molecule has 104 valence electrons. The van der Waals surface area contributed by atoms with Gasteiger partial charge in [0.2, 0.25) is 0 Å². The largest absolute Gasteiger partial charge is 0.439 e. The van der Waals surface area contributed by atoms with E-state index in [1.807, 2.05) is 27.7 Å². The zero-order valence-corrected chi connectivity index (χ0v) is 11.8. The minimum atomic E-state index is -0.408. The molecule has 2 rings (SSSR count). The van der Waals surface area contributed by atoms with Crippen LogP contribution in [0.1, 0.15) is 45.8 Å². The number of rotatable bonds is 3. The summed E-state index contributed by atoms with van der Waals surface area (Å²) < 4.78 is 18.7. The van der Waals surface area contributed by atoms with Gasteiger partial charge in [0.25, 0.3) is 0 Å². The molecule has 1 amide bonds. The van der Waals surface area contributed by atoms with Gasteiger partial charge in [-0.25, -0.2) is 9.18 Å². The lowest BCUT2D eigenvalue weighted by Gasteiger charge is -2.36. The van der Waals surface area contributed by atoms with E-state index in [0.717, 1.165) is 6.42 Å². The number of carbonyl (C=O) groups is 1. The molecule has 1 aliphatic rings. The highest BCUT2D eigenvalue weighted by atomic mass is 19.1. The summed E-state index contributed by atoms with van der Waals surface area (Å²) in [5.41, 5.74) is 0.439. The second-order valence-electron chi connectivity index (χ2n) is 5.64. The van der Waals surface area contributed by atoms with Crippen molar-refractivity contribution in [3.63, 3.8) is 0 Å². The molecule has 3 nitrogen and oxygen atoms in total. The monoisotopic (exact) mass is 265 g/mol. The maximum Gasteiger partial charge on any atom is 0.411 e. The highest BCUT2D eigenvalue weighted by molar-refractivity contribution is 5.72. The fraction of sp³-hybridized carbons (Fsp3) is 0.533. The molecule has 1 saturated heterocycles. The Hall–Kier alpha value is -1.58. The molecule has 1 aliphatic heterocycles. The number of halogens is 1. The van der Waals surface area contributed by atoms with Crippen molar-refractivity contribution in [3.05, 3.63) is 35.6 Å². The van der Waals surface area contributed by atoms with E-state index >= 15 is 0 Å². The third kappa shape index (κ3) is 2.44. The quantitative estimate of drug-likeness (QED) is 0.829. The van der Waals surface area contributed by atoms with Crippen molar-refractivity contribution in [2.75, 3.05) is 0 Å². The Morgan fingerprint density at radius 1 is 1.42 bits per heavy atom. The first-order valence-electron chi connectivity index (χ1n) is 6.62. The molecular formula is C15H20FNO2. The first-order chi connectivity index (χ1) is 8.86. The van der Waals surface area contributed by atoms with E-state index in [1.54, 1.807) is 17.0 Å². The van der Waals surface area contributed by atoms with Crippen molar-refractivity contribution in [1.29, 1.82) is 0 Å². The maximum absolute atomic E-state index is 13.3. The van der Waals surface area contributed by atoms with Gasteiger partial charge in [-0.3, -0.25) is 4.90 Å². The molecule has 0 aliphatic carbocycles. The van der Waals surface area contributed by atoms with Crippen LogP contribution in [-0.2, 0) is 4.74 Å². The van der Waals surface area contributed by atoms with Crippen LogP contribution in [0.25, 0.3) is 0 Å². The lowest BCUT2D eigenvalue weighted by atomic mass is 9.95. The van der Waals surface area contributed by atoms with Crippen LogP contribution >= 0.6 is 0 Å². The van der Waals surface area contributed by atoms with Crippen molar-refractivity contribution in [3.8, 4) is 0 Å². The Morgan fingerprint density at radius 2 is 2.11 bits per heavy atom. The highest BCUT2D eigenvalue weighted by Gasteiger charge is 2.45.